The summed E-state index contributed by atoms with van der Waals surface area (Å²) in [4.78, 5) is 27.2. The number of halogens is 2. The van der Waals surface area contributed by atoms with E-state index < -0.39 is 0 Å². The molecule has 2 fully saturated rings. The maximum Gasteiger partial charge on any atom is 0.264 e. The third-order valence-electron chi connectivity index (χ3n) is 6.06. The Labute approximate surface area is 212 Å². The normalized spacial score (nSPS) is 20.1. The molecule has 0 bridgehead atoms. The van der Waals surface area contributed by atoms with Crippen LogP contribution in [0.15, 0.2) is 46.3 Å². The summed E-state index contributed by atoms with van der Waals surface area (Å²) < 4.78 is 2.14. The van der Waals surface area contributed by atoms with Crippen LogP contribution in [0.4, 0.5) is 5.69 Å². The number of fused-ring (bicyclic) bond motifs is 1. The summed E-state index contributed by atoms with van der Waals surface area (Å²) in [5, 5.41) is 4.10. The van der Waals surface area contributed by atoms with Crippen LogP contribution >= 0.6 is 35.0 Å². The number of hydrogen-bond donors (Lipinski definition) is 1. The number of aliphatic imine (C=N–C) groups is 1. The van der Waals surface area contributed by atoms with Gasteiger partial charge in [0.2, 0.25) is 0 Å². The van der Waals surface area contributed by atoms with Crippen LogP contribution in [0.25, 0.3) is 17.1 Å². The molecule has 3 aromatic rings. The molecule has 0 radical (unpaired) electrons. The van der Waals surface area contributed by atoms with Crippen molar-refractivity contribution in [2.24, 2.45) is 12.0 Å². The minimum atomic E-state index is -0.201. The van der Waals surface area contributed by atoms with Crippen molar-refractivity contribution in [2.45, 2.75) is 6.54 Å². The van der Waals surface area contributed by atoms with Gasteiger partial charge in [-0.1, -0.05) is 35.3 Å². The molecule has 3 heterocycles. The summed E-state index contributed by atoms with van der Waals surface area (Å²) in [6, 6.07) is 11.2. The smallest absolute Gasteiger partial charge is 0.264 e. The van der Waals surface area contributed by atoms with Gasteiger partial charge in [0.15, 0.2) is 5.17 Å². The second-order valence-corrected chi connectivity index (χ2v) is 10.3. The molecule has 1 amide bonds. The zero-order valence-corrected chi connectivity index (χ0v) is 21.2. The number of nitrogens with one attached hydrogen (secondary N) is 1. The van der Waals surface area contributed by atoms with Gasteiger partial charge in [-0.3, -0.25) is 9.69 Å². The zero-order chi connectivity index (χ0) is 23.8. The van der Waals surface area contributed by atoms with Crippen molar-refractivity contribution < 1.29 is 4.79 Å². The first kappa shape index (κ1) is 23.4. The fourth-order valence-corrected chi connectivity index (χ4v) is 5.33. The van der Waals surface area contributed by atoms with E-state index in [-0.39, 0.29) is 5.91 Å². The third kappa shape index (κ3) is 4.87. The number of likely N-dealkylation sites (N-methyl/N-ethyl adjacent to an activating group) is 1. The number of nitrogens with zero attached hydrogens (tertiary/aromatic N) is 5. The number of piperazine rings is 1. The predicted molar refractivity (Wildman–Crippen MR) is 141 cm³/mol. The van der Waals surface area contributed by atoms with Gasteiger partial charge >= 0.3 is 0 Å². The van der Waals surface area contributed by atoms with Crippen LogP contribution in [0.1, 0.15) is 11.4 Å². The van der Waals surface area contributed by atoms with Gasteiger partial charge in [0.1, 0.15) is 11.5 Å². The van der Waals surface area contributed by atoms with E-state index in [2.05, 4.69) is 37.8 Å². The summed E-state index contributed by atoms with van der Waals surface area (Å²) in [5.74, 6) is 0.844. The van der Waals surface area contributed by atoms with Crippen LogP contribution in [0, 0.1) is 0 Å². The van der Waals surface area contributed by atoms with Crippen molar-refractivity contribution >= 4 is 68.8 Å². The molecule has 2 aliphatic rings. The highest BCUT2D eigenvalue weighted by Gasteiger charge is 2.25. The van der Waals surface area contributed by atoms with E-state index in [4.69, 9.17) is 28.2 Å². The molecule has 0 atom stereocenters. The SMILES string of the molecule is CN1CCN(Cc2nc3ccc(/C=C4/SC(=Nc5c(Cl)cccc5Cl)NC4=O)cc3n2C)CC1. The molecule has 7 nitrogen and oxygen atoms in total. The number of hydrogen-bond acceptors (Lipinski definition) is 6. The predicted octanol–water partition coefficient (Wildman–Crippen LogP) is 4.52. The van der Waals surface area contributed by atoms with Crippen LogP contribution in [0.2, 0.25) is 10.0 Å². The number of para-hydroxylation sites is 1. The highest BCUT2D eigenvalue weighted by molar-refractivity contribution is 8.18. The number of thioether (sulfide) groups is 1. The van der Waals surface area contributed by atoms with E-state index >= 15 is 0 Å². The van der Waals surface area contributed by atoms with Crippen molar-refractivity contribution in [2.75, 3.05) is 33.2 Å². The Hall–Kier alpha value is -2.36. The van der Waals surface area contributed by atoms with Crippen LogP contribution < -0.4 is 5.32 Å². The summed E-state index contributed by atoms with van der Waals surface area (Å²) in [6.45, 7) is 5.09. The second kappa shape index (κ2) is 9.71. The van der Waals surface area contributed by atoms with Crippen molar-refractivity contribution in [3.05, 3.63) is 62.7 Å². The topological polar surface area (TPSA) is 65.8 Å². The van der Waals surface area contributed by atoms with Gasteiger partial charge in [0.05, 0.1) is 32.5 Å². The molecule has 2 saturated heterocycles. The monoisotopic (exact) mass is 514 g/mol. The average molecular weight is 515 g/mol. The number of amidine groups is 1. The van der Waals surface area contributed by atoms with Gasteiger partial charge in [-0.05, 0) is 54.7 Å². The lowest BCUT2D eigenvalue weighted by Crippen LogP contribution is -2.44. The maximum atomic E-state index is 12.6. The van der Waals surface area contributed by atoms with Crippen molar-refractivity contribution in [3.8, 4) is 0 Å². The van der Waals surface area contributed by atoms with E-state index in [1.165, 1.54) is 11.8 Å². The maximum absolute atomic E-state index is 12.6. The fraction of sp³-hybridized carbons (Fsp3) is 0.292. The fourth-order valence-electron chi connectivity index (χ4n) is 4.02. The molecule has 0 spiro atoms. The van der Waals surface area contributed by atoms with Gasteiger partial charge in [-0.15, -0.1) is 0 Å². The minimum Gasteiger partial charge on any atom is -0.330 e. The molecule has 0 aliphatic carbocycles. The van der Waals surface area contributed by atoms with E-state index in [0.29, 0.717) is 25.8 Å². The Morgan fingerprint density at radius 2 is 1.85 bits per heavy atom. The number of amides is 1. The van der Waals surface area contributed by atoms with Crippen LogP contribution in [0.5, 0.6) is 0 Å². The molecule has 0 unspecified atom stereocenters. The Morgan fingerprint density at radius 3 is 2.59 bits per heavy atom. The van der Waals surface area contributed by atoms with Crippen LogP contribution in [0.3, 0.4) is 0 Å². The molecule has 5 rings (SSSR count). The number of carbonyl (C=O) groups excluding carboxylic acids is 1. The van der Waals surface area contributed by atoms with Gasteiger partial charge in [0.25, 0.3) is 5.91 Å². The molecule has 1 N–H and O–H groups in total. The van der Waals surface area contributed by atoms with E-state index in [0.717, 1.165) is 55.1 Å². The Kier molecular flexibility index (Phi) is 6.68. The van der Waals surface area contributed by atoms with E-state index in [9.17, 15) is 4.79 Å². The molecule has 2 aromatic carbocycles. The lowest BCUT2D eigenvalue weighted by Gasteiger charge is -2.31. The standard InChI is InChI=1S/C24H24Cl2N6OS/c1-30-8-10-32(11-9-30)14-21-27-18-7-6-15(12-19(18)31(21)2)13-20-23(33)29-24(34-20)28-22-16(25)4-3-5-17(22)26/h3-7,12-13H,8-11,14H2,1-2H3,(H,28,29,33)/b20-13+. The van der Waals surface area contributed by atoms with Crippen molar-refractivity contribution in [3.63, 3.8) is 0 Å². The van der Waals surface area contributed by atoms with Gasteiger partial charge in [-0.25, -0.2) is 9.98 Å². The number of rotatable bonds is 4. The summed E-state index contributed by atoms with van der Waals surface area (Å²) >= 11 is 13.7. The molecule has 2 aliphatic heterocycles. The Balaban J connectivity index is 1.37. The number of benzene rings is 2. The number of aryl methyl sites for hydroxylation is 1. The molecule has 0 saturated carbocycles. The summed E-state index contributed by atoms with van der Waals surface area (Å²) in [5.41, 5.74) is 3.36. The van der Waals surface area contributed by atoms with E-state index in [1.54, 1.807) is 18.2 Å². The molecule has 176 valence electrons. The minimum absolute atomic E-state index is 0.201. The number of imidazole rings is 1. The lowest BCUT2D eigenvalue weighted by atomic mass is 10.2. The Morgan fingerprint density at radius 1 is 1.12 bits per heavy atom. The third-order valence-corrected chi connectivity index (χ3v) is 7.58. The first-order chi connectivity index (χ1) is 16.4. The molecule has 34 heavy (non-hydrogen) atoms. The van der Waals surface area contributed by atoms with Crippen LogP contribution in [-0.4, -0.2) is 63.7 Å². The van der Waals surface area contributed by atoms with Crippen LogP contribution in [-0.2, 0) is 18.4 Å². The largest absolute Gasteiger partial charge is 0.330 e. The first-order valence-electron chi connectivity index (χ1n) is 11.0. The first-order valence-corrected chi connectivity index (χ1v) is 12.5. The second-order valence-electron chi connectivity index (χ2n) is 8.47. The molecular weight excluding hydrogens is 491 g/mol. The average Bonchev–Trinajstić information content (AvgIpc) is 3.31. The van der Waals surface area contributed by atoms with Gasteiger partial charge in [0, 0.05) is 33.2 Å². The number of aromatic nitrogens is 2. The highest BCUT2D eigenvalue weighted by atomic mass is 35.5. The zero-order valence-electron chi connectivity index (χ0n) is 18.9. The van der Waals surface area contributed by atoms with E-state index in [1.807, 2.05) is 25.3 Å². The molecule has 1 aromatic heterocycles. The summed E-state index contributed by atoms with van der Waals surface area (Å²) in [7, 11) is 4.21. The van der Waals surface area contributed by atoms with Crippen molar-refractivity contribution in [1.82, 2.24) is 24.7 Å². The summed E-state index contributed by atoms with van der Waals surface area (Å²) in [6.07, 6.45) is 1.86. The highest BCUT2D eigenvalue weighted by Crippen LogP contribution is 2.35. The quantitative estimate of drug-likeness (QED) is 0.518. The lowest BCUT2D eigenvalue weighted by molar-refractivity contribution is -0.115. The van der Waals surface area contributed by atoms with Gasteiger partial charge < -0.3 is 14.8 Å². The van der Waals surface area contributed by atoms with Crippen molar-refractivity contribution in [1.29, 1.82) is 0 Å². The molecule has 10 heteroatoms. The molecular formula is C24H24Cl2N6OS. The number of carbonyl (C=O) groups is 1. The van der Waals surface area contributed by atoms with Gasteiger partial charge in [-0.2, -0.15) is 0 Å². The Bertz CT molecular complexity index is 1310.